The highest BCUT2D eigenvalue weighted by molar-refractivity contribution is 4.98. The third-order valence-electron chi connectivity index (χ3n) is 5.77. The number of hydrogen-bond acceptors (Lipinski definition) is 4. The molecule has 1 saturated carbocycles. The molecule has 0 radical (unpaired) electrons. The molecule has 4 heteroatoms. The van der Waals surface area contributed by atoms with Crippen molar-refractivity contribution in [3.63, 3.8) is 0 Å². The molecule has 1 fully saturated rings. The van der Waals surface area contributed by atoms with Crippen LogP contribution in [0.5, 0.6) is 0 Å². The van der Waals surface area contributed by atoms with Crippen LogP contribution in [0.25, 0.3) is 0 Å². The van der Waals surface area contributed by atoms with Crippen LogP contribution >= 0.6 is 0 Å². The highest BCUT2D eigenvalue weighted by Gasteiger charge is 2.44. The van der Waals surface area contributed by atoms with Gasteiger partial charge in [0.25, 0.3) is 0 Å². The van der Waals surface area contributed by atoms with Gasteiger partial charge in [0.2, 0.25) is 0 Å². The third-order valence-corrected chi connectivity index (χ3v) is 5.77. The van der Waals surface area contributed by atoms with E-state index in [4.69, 9.17) is 4.74 Å². The second-order valence-electron chi connectivity index (χ2n) is 8.21. The highest BCUT2D eigenvalue weighted by Crippen LogP contribution is 2.28. The van der Waals surface area contributed by atoms with Gasteiger partial charge in [-0.25, -0.2) is 0 Å². The lowest BCUT2D eigenvalue weighted by Gasteiger charge is -2.32. The Morgan fingerprint density at radius 2 is 1.31 bits per heavy atom. The summed E-state index contributed by atoms with van der Waals surface area (Å²) >= 11 is 0. The van der Waals surface area contributed by atoms with Crippen molar-refractivity contribution >= 4 is 0 Å². The molecule has 1 aliphatic carbocycles. The smallest absolute Gasteiger partial charge is 0.101 e. The maximum absolute atomic E-state index is 10.4. The van der Waals surface area contributed by atoms with E-state index >= 15 is 0 Å². The summed E-state index contributed by atoms with van der Waals surface area (Å²) in [5.41, 5.74) is 0. The summed E-state index contributed by atoms with van der Waals surface area (Å²) in [4.78, 5) is 2.21. The van der Waals surface area contributed by atoms with Crippen LogP contribution < -0.4 is 0 Å². The van der Waals surface area contributed by atoms with Crippen molar-refractivity contribution in [1.29, 1.82) is 0 Å². The molecular weight excluding hydrogens is 326 g/mol. The van der Waals surface area contributed by atoms with Gasteiger partial charge in [-0.05, 0) is 26.4 Å². The Morgan fingerprint density at radius 3 is 1.92 bits per heavy atom. The Hall–Kier alpha value is -0.160. The number of rotatable bonds is 16. The SMILES string of the molecule is CCCCCCCCCOC1C(O)CC(O)C1N(C)CCCCCCC. The molecule has 0 heterocycles. The monoisotopic (exact) mass is 371 g/mol. The van der Waals surface area contributed by atoms with E-state index < -0.39 is 12.2 Å². The third kappa shape index (κ3) is 9.16. The van der Waals surface area contributed by atoms with E-state index in [1.807, 2.05) is 0 Å². The molecule has 0 aromatic heterocycles. The number of ether oxygens (including phenoxy) is 1. The lowest BCUT2D eigenvalue weighted by molar-refractivity contribution is -0.0589. The van der Waals surface area contributed by atoms with Crippen LogP contribution in [0.4, 0.5) is 0 Å². The zero-order valence-corrected chi connectivity index (χ0v) is 17.7. The standard InChI is InChI=1S/C22H45NO3/c1-4-6-8-10-11-13-15-17-26-22-20(25)18-19(24)21(22)23(3)16-14-12-9-7-5-2/h19-22,24-25H,4-18H2,1-3H3. The molecule has 4 nitrogen and oxygen atoms in total. The van der Waals surface area contributed by atoms with Gasteiger partial charge in [-0.2, -0.15) is 0 Å². The van der Waals surface area contributed by atoms with Crippen molar-refractivity contribution in [2.75, 3.05) is 20.2 Å². The fourth-order valence-corrected chi connectivity index (χ4v) is 4.11. The van der Waals surface area contributed by atoms with Gasteiger partial charge in [-0.3, -0.25) is 4.90 Å². The molecule has 0 amide bonds. The summed E-state index contributed by atoms with van der Waals surface area (Å²) < 4.78 is 6.04. The number of unbranched alkanes of at least 4 members (excludes halogenated alkanes) is 10. The number of nitrogens with zero attached hydrogens (tertiary/aromatic N) is 1. The van der Waals surface area contributed by atoms with Crippen LogP contribution in [0.1, 0.15) is 97.3 Å². The van der Waals surface area contributed by atoms with Gasteiger partial charge in [-0.15, -0.1) is 0 Å². The average Bonchev–Trinajstić information content (AvgIpc) is 2.90. The minimum Gasteiger partial charge on any atom is -0.391 e. The minimum atomic E-state index is -0.540. The Morgan fingerprint density at radius 1 is 0.769 bits per heavy atom. The first-order valence-corrected chi connectivity index (χ1v) is 11.3. The fraction of sp³-hybridized carbons (Fsp3) is 1.00. The van der Waals surface area contributed by atoms with E-state index in [0.29, 0.717) is 13.0 Å². The van der Waals surface area contributed by atoms with E-state index in [1.54, 1.807) is 0 Å². The summed E-state index contributed by atoms with van der Waals surface area (Å²) in [7, 11) is 2.07. The van der Waals surface area contributed by atoms with Gasteiger partial charge in [0.1, 0.15) is 6.10 Å². The van der Waals surface area contributed by atoms with E-state index in [-0.39, 0.29) is 12.1 Å². The van der Waals surface area contributed by atoms with Crippen molar-refractivity contribution in [3.8, 4) is 0 Å². The summed E-state index contributed by atoms with van der Waals surface area (Å²) in [6.45, 7) is 6.14. The Labute approximate surface area is 162 Å². The maximum atomic E-state index is 10.4. The van der Waals surface area contributed by atoms with E-state index in [0.717, 1.165) is 19.4 Å². The quantitative estimate of drug-likeness (QED) is 0.392. The molecule has 4 atom stereocenters. The van der Waals surface area contributed by atoms with Crippen LogP contribution in [0.15, 0.2) is 0 Å². The van der Waals surface area contributed by atoms with Gasteiger partial charge in [-0.1, -0.05) is 78.1 Å². The number of aliphatic hydroxyl groups excluding tert-OH is 2. The highest BCUT2D eigenvalue weighted by atomic mass is 16.5. The first-order valence-electron chi connectivity index (χ1n) is 11.3. The number of aliphatic hydroxyl groups is 2. The minimum absolute atomic E-state index is 0.0688. The molecule has 26 heavy (non-hydrogen) atoms. The summed E-state index contributed by atoms with van der Waals surface area (Å²) in [5, 5.41) is 20.7. The second-order valence-corrected chi connectivity index (χ2v) is 8.21. The molecule has 2 N–H and O–H groups in total. The molecule has 0 saturated heterocycles. The van der Waals surface area contributed by atoms with Crippen LogP contribution in [-0.2, 0) is 4.74 Å². The van der Waals surface area contributed by atoms with Gasteiger partial charge >= 0.3 is 0 Å². The molecule has 0 aliphatic heterocycles. The van der Waals surface area contributed by atoms with Crippen LogP contribution in [-0.4, -0.2) is 59.7 Å². The molecule has 1 rings (SSSR count). The van der Waals surface area contributed by atoms with Gasteiger partial charge in [0, 0.05) is 13.0 Å². The molecular formula is C22H45NO3. The second kappa shape index (κ2) is 14.8. The van der Waals surface area contributed by atoms with Crippen molar-refractivity contribution in [1.82, 2.24) is 4.90 Å². The molecule has 156 valence electrons. The molecule has 1 aliphatic rings. The Bertz CT molecular complexity index is 327. The fourth-order valence-electron chi connectivity index (χ4n) is 4.11. The Balaban J connectivity index is 2.25. The first-order chi connectivity index (χ1) is 12.6. The van der Waals surface area contributed by atoms with E-state index in [1.165, 1.54) is 64.2 Å². The maximum Gasteiger partial charge on any atom is 0.101 e. The molecule has 0 aromatic rings. The lowest BCUT2D eigenvalue weighted by Crippen LogP contribution is -2.47. The van der Waals surface area contributed by atoms with Gasteiger partial charge in [0.05, 0.1) is 18.2 Å². The zero-order valence-electron chi connectivity index (χ0n) is 17.7. The van der Waals surface area contributed by atoms with Gasteiger partial charge < -0.3 is 14.9 Å². The predicted octanol–water partition coefficient (Wildman–Crippen LogP) is 4.52. The van der Waals surface area contributed by atoms with Crippen LogP contribution in [0.3, 0.4) is 0 Å². The van der Waals surface area contributed by atoms with E-state index in [9.17, 15) is 10.2 Å². The number of likely N-dealkylation sites (N-methyl/N-ethyl adjacent to an activating group) is 1. The summed E-state index contributed by atoms with van der Waals surface area (Å²) in [6, 6.07) is -0.0688. The van der Waals surface area contributed by atoms with Crippen LogP contribution in [0.2, 0.25) is 0 Å². The normalized spacial score (nSPS) is 26.1. The predicted molar refractivity (Wildman–Crippen MR) is 110 cm³/mol. The van der Waals surface area contributed by atoms with E-state index in [2.05, 4.69) is 25.8 Å². The lowest BCUT2D eigenvalue weighted by atomic mass is 10.1. The number of hydrogen-bond donors (Lipinski definition) is 2. The van der Waals surface area contributed by atoms with Crippen LogP contribution in [0, 0.1) is 0 Å². The van der Waals surface area contributed by atoms with Crippen molar-refractivity contribution in [2.24, 2.45) is 0 Å². The Kier molecular flexibility index (Phi) is 13.6. The molecule has 0 bridgehead atoms. The summed E-state index contributed by atoms with van der Waals surface area (Å²) in [5.74, 6) is 0. The molecule has 0 spiro atoms. The molecule has 4 unspecified atom stereocenters. The molecule has 0 aromatic carbocycles. The van der Waals surface area contributed by atoms with Crippen molar-refractivity contribution < 1.29 is 14.9 Å². The van der Waals surface area contributed by atoms with Crippen molar-refractivity contribution in [3.05, 3.63) is 0 Å². The van der Waals surface area contributed by atoms with Gasteiger partial charge in [0.15, 0.2) is 0 Å². The summed E-state index contributed by atoms with van der Waals surface area (Å²) in [6.07, 6.45) is 14.3. The topological polar surface area (TPSA) is 52.9 Å². The first kappa shape index (κ1) is 23.9. The average molecular weight is 372 g/mol. The van der Waals surface area contributed by atoms with Crippen molar-refractivity contribution in [2.45, 2.75) is 122 Å². The zero-order chi connectivity index (χ0) is 19.2. The largest absolute Gasteiger partial charge is 0.391 e.